The van der Waals surface area contributed by atoms with E-state index in [1.54, 1.807) is 0 Å². The molecule has 0 saturated heterocycles. The first-order chi connectivity index (χ1) is 6.66. The summed E-state index contributed by atoms with van der Waals surface area (Å²) in [6, 6.07) is 3.31. The molecule has 0 spiro atoms. The van der Waals surface area contributed by atoms with Crippen molar-refractivity contribution >= 4 is 0 Å². The second-order valence-corrected chi connectivity index (χ2v) is 3.92. The summed E-state index contributed by atoms with van der Waals surface area (Å²) in [5.41, 5.74) is 6.48. The van der Waals surface area contributed by atoms with E-state index >= 15 is 0 Å². The van der Waals surface area contributed by atoms with Crippen LogP contribution < -0.4 is 5.73 Å². The van der Waals surface area contributed by atoms with E-state index in [0.29, 0.717) is 11.5 Å². The van der Waals surface area contributed by atoms with E-state index in [-0.39, 0.29) is 6.04 Å². The molecule has 0 amide bonds. The van der Waals surface area contributed by atoms with Crippen LogP contribution in [0.3, 0.4) is 0 Å². The Balaban J connectivity index is 2.21. The van der Waals surface area contributed by atoms with E-state index in [4.69, 9.17) is 5.73 Å². The first-order valence-electron chi connectivity index (χ1n) is 4.88. The molecule has 76 valence electrons. The zero-order chi connectivity index (χ0) is 10.1. The number of rotatable bonds is 2. The Morgan fingerprint density at radius 3 is 2.14 bits per heavy atom. The third-order valence-electron chi connectivity index (χ3n) is 2.93. The average molecular weight is 197 g/mol. The fourth-order valence-electron chi connectivity index (χ4n) is 1.84. The molecular weight excluding hydrogens is 184 g/mol. The van der Waals surface area contributed by atoms with Crippen LogP contribution in [-0.2, 0) is 0 Å². The van der Waals surface area contributed by atoms with Gasteiger partial charge < -0.3 is 5.73 Å². The summed E-state index contributed by atoms with van der Waals surface area (Å²) in [5, 5.41) is 0. The summed E-state index contributed by atoms with van der Waals surface area (Å²) in [5.74, 6) is -0.694. The molecule has 1 aliphatic carbocycles. The summed E-state index contributed by atoms with van der Waals surface area (Å²) in [6.45, 7) is 0. The third kappa shape index (κ3) is 1.77. The highest BCUT2D eigenvalue weighted by molar-refractivity contribution is 5.22. The fraction of sp³-hybridized carbons (Fsp3) is 0.455. The lowest BCUT2D eigenvalue weighted by molar-refractivity contribution is 0.263. The quantitative estimate of drug-likeness (QED) is 0.775. The maximum absolute atomic E-state index is 12.9. The Hall–Kier alpha value is -0.960. The number of halogens is 2. The molecule has 2 N–H and O–H groups in total. The van der Waals surface area contributed by atoms with E-state index < -0.39 is 11.6 Å². The lowest BCUT2D eigenvalue weighted by atomic mass is 9.77. The van der Waals surface area contributed by atoms with E-state index in [0.717, 1.165) is 18.9 Å². The lowest BCUT2D eigenvalue weighted by Gasteiger charge is -2.31. The first-order valence-corrected chi connectivity index (χ1v) is 4.88. The molecule has 3 heteroatoms. The molecule has 0 bridgehead atoms. The van der Waals surface area contributed by atoms with Gasteiger partial charge in [0, 0.05) is 12.1 Å². The average Bonchev–Trinajstić information content (AvgIpc) is 1.98. The first kappa shape index (κ1) is 9.59. The molecule has 1 aliphatic rings. The van der Waals surface area contributed by atoms with E-state index in [1.165, 1.54) is 18.6 Å². The van der Waals surface area contributed by atoms with Crippen LogP contribution in [0.25, 0.3) is 0 Å². The molecule has 1 nitrogen and oxygen atoms in total. The van der Waals surface area contributed by atoms with Crippen molar-refractivity contribution in [2.24, 2.45) is 11.7 Å². The van der Waals surface area contributed by atoms with Crippen molar-refractivity contribution in [3.8, 4) is 0 Å². The number of nitrogens with two attached hydrogens (primary N) is 1. The Morgan fingerprint density at radius 2 is 1.71 bits per heavy atom. The summed E-state index contributed by atoms with van der Waals surface area (Å²) < 4.78 is 25.8. The van der Waals surface area contributed by atoms with Gasteiger partial charge in [0.05, 0.1) is 0 Å². The maximum atomic E-state index is 12.9. The van der Waals surface area contributed by atoms with Gasteiger partial charge in [-0.3, -0.25) is 0 Å². The van der Waals surface area contributed by atoms with Crippen molar-refractivity contribution in [2.75, 3.05) is 0 Å². The van der Waals surface area contributed by atoms with Crippen LogP contribution in [0.1, 0.15) is 30.9 Å². The minimum absolute atomic E-state index is 0.214. The fourth-order valence-corrected chi connectivity index (χ4v) is 1.84. The SMILES string of the molecule is N[C@@H](c1cc(F)cc(F)c1)C1CCC1. The Bertz CT molecular complexity index is 314. The Labute approximate surface area is 81.9 Å². The Morgan fingerprint density at radius 1 is 1.14 bits per heavy atom. The third-order valence-corrected chi connectivity index (χ3v) is 2.93. The predicted molar refractivity (Wildman–Crippen MR) is 50.6 cm³/mol. The van der Waals surface area contributed by atoms with E-state index in [1.807, 2.05) is 0 Å². The van der Waals surface area contributed by atoms with Gasteiger partial charge in [-0.15, -0.1) is 0 Å². The van der Waals surface area contributed by atoms with Gasteiger partial charge in [0.2, 0.25) is 0 Å². The predicted octanol–water partition coefficient (Wildman–Crippen LogP) is 2.76. The normalized spacial score (nSPS) is 19.1. The molecular formula is C11H13F2N. The van der Waals surface area contributed by atoms with Gasteiger partial charge in [-0.1, -0.05) is 6.42 Å². The van der Waals surface area contributed by atoms with Gasteiger partial charge in [-0.05, 0) is 36.5 Å². The molecule has 0 aromatic heterocycles. The standard InChI is InChI=1S/C11H13F2N/c12-9-4-8(5-10(13)6-9)11(14)7-2-1-3-7/h4-7,11H,1-3,14H2/t11-/m1/s1. The smallest absolute Gasteiger partial charge is 0.126 e. The Kier molecular flexibility index (Phi) is 2.50. The number of hydrogen-bond acceptors (Lipinski definition) is 1. The zero-order valence-electron chi connectivity index (χ0n) is 7.84. The second-order valence-electron chi connectivity index (χ2n) is 3.92. The molecule has 1 fully saturated rings. The van der Waals surface area contributed by atoms with Crippen molar-refractivity contribution in [2.45, 2.75) is 25.3 Å². The van der Waals surface area contributed by atoms with Crippen LogP contribution in [0.4, 0.5) is 8.78 Å². The van der Waals surface area contributed by atoms with Gasteiger partial charge in [0.15, 0.2) is 0 Å². The molecule has 2 rings (SSSR count). The summed E-state index contributed by atoms with van der Waals surface area (Å²) in [6.07, 6.45) is 3.31. The van der Waals surface area contributed by atoms with E-state index in [2.05, 4.69) is 0 Å². The topological polar surface area (TPSA) is 26.0 Å². The molecule has 1 atom stereocenters. The van der Waals surface area contributed by atoms with Crippen LogP contribution in [0.15, 0.2) is 18.2 Å². The highest BCUT2D eigenvalue weighted by Gasteiger charge is 2.25. The lowest BCUT2D eigenvalue weighted by Crippen LogP contribution is -2.26. The van der Waals surface area contributed by atoms with Crippen LogP contribution in [-0.4, -0.2) is 0 Å². The maximum Gasteiger partial charge on any atom is 0.126 e. The summed E-state index contributed by atoms with van der Waals surface area (Å²) >= 11 is 0. The molecule has 1 aromatic rings. The molecule has 14 heavy (non-hydrogen) atoms. The number of hydrogen-bond donors (Lipinski definition) is 1. The van der Waals surface area contributed by atoms with Crippen LogP contribution in [0.2, 0.25) is 0 Å². The van der Waals surface area contributed by atoms with Crippen molar-refractivity contribution in [3.05, 3.63) is 35.4 Å². The van der Waals surface area contributed by atoms with Gasteiger partial charge in [0.25, 0.3) is 0 Å². The van der Waals surface area contributed by atoms with Gasteiger partial charge in [0.1, 0.15) is 11.6 Å². The van der Waals surface area contributed by atoms with Crippen molar-refractivity contribution in [3.63, 3.8) is 0 Å². The van der Waals surface area contributed by atoms with Crippen LogP contribution in [0, 0.1) is 17.6 Å². The van der Waals surface area contributed by atoms with Gasteiger partial charge in [-0.2, -0.15) is 0 Å². The summed E-state index contributed by atoms with van der Waals surface area (Å²) in [7, 11) is 0. The number of benzene rings is 1. The molecule has 1 aromatic carbocycles. The van der Waals surface area contributed by atoms with Gasteiger partial charge in [-0.25, -0.2) is 8.78 Å². The van der Waals surface area contributed by atoms with Crippen molar-refractivity contribution < 1.29 is 8.78 Å². The van der Waals surface area contributed by atoms with Crippen LogP contribution >= 0.6 is 0 Å². The molecule has 0 radical (unpaired) electrons. The van der Waals surface area contributed by atoms with Crippen molar-refractivity contribution in [1.29, 1.82) is 0 Å². The highest BCUT2D eigenvalue weighted by atomic mass is 19.1. The van der Waals surface area contributed by atoms with Crippen LogP contribution in [0.5, 0.6) is 0 Å². The molecule has 0 heterocycles. The zero-order valence-corrected chi connectivity index (χ0v) is 7.84. The summed E-state index contributed by atoms with van der Waals surface area (Å²) in [4.78, 5) is 0. The second kappa shape index (κ2) is 3.65. The highest BCUT2D eigenvalue weighted by Crippen LogP contribution is 2.36. The minimum atomic E-state index is -0.547. The molecule has 0 aliphatic heterocycles. The molecule has 1 saturated carbocycles. The van der Waals surface area contributed by atoms with Gasteiger partial charge >= 0.3 is 0 Å². The van der Waals surface area contributed by atoms with E-state index in [9.17, 15) is 8.78 Å². The monoisotopic (exact) mass is 197 g/mol. The minimum Gasteiger partial charge on any atom is -0.324 e. The largest absolute Gasteiger partial charge is 0.324 e. The van der Waals surface area contributed by atoms with Crippen molar-refractivity contribution in [1.82, 2.24) is 0 Å². The molecule has 0 unspecified atom stereocenters.